The third-order valence-electron chi connectivity index (χ3n) is 5.50. The fraction of sp³-hybridized carbons (Fsp3) is 0.478. The molecule has 144 valence electrons. The summed E-state index contributed by atoms with van der Waals surface area (Å²) in [6.07, 6.45) is 6.92. The molecule has 4 nitrogen and oxygen atoms in total. The lowest BCUT2D eigenvalue weighted by Crippen LogP contribution is -2.37. The van der Waals surface area contributed by atoms with Crippen molar-refractivity contribution < 1.29 is 4.79 Å². The maximum atomic E-state index is 13.1. The number of nitrogens with zero attached hydrogens (tertiary/aromatic N) is 1. The number of hydrogen-bond donors (Lipinski definition) is 1. The number of pyridine rings is 1. The van der Waals surface area contributed by atoms with Crippen molar-refractivity contribution in [1.82, 2.24) is 9.88 Å². The van der Waals surface area contributed by atoms with E-state index in [1.54, 1.807) is 0 Å². The van der Waals surface area contributed by atoms with Gasteiger partial charge < -0.3 is 9.88 Å². The van der Waals surface area contributed by atoms with E-state index >= 15 is 0 Å². The normalized spacial score (nSPS) is 14.4. The second-order valence-electron chi connectivity index (χ2n) is 7.39. The molecule has 1 atom stereocenters. The molecule has 27 heavy (non-hydrogen) atoms. The molecule has 1 aromatic carbocycles. The Morgan fingerprint density at radius 2 is 1.89 bits per heavy atom. The third kappa shape index (κ3) is 4.32. The van der Waals surface area contributed by atoms with E-state index in [9.17, 15) is 9.59 Å². The van der Waals surface area contributed by atoms with Gasteiger partial charge in [-0.25, -0.2) is 0 Å². The second kappa shape index (κ2) is 9.03. The van der Waals surface area contributed by atoms with Crippen molar-refractivity contribution in [2.45, 2.75) is 71.4 Å². The van der Waals surface area contributed by atoms with Gasteiger partial charge in [0.15, 0.2) is 0 Å². The highest BCUT2D eigenvalue weighted by Gasteiger charge is 2.22. The molecule has 0 aliphatic heterocycles. The van der Waals surface area contributed by atoms with Crippen molar-refractivity contribution in [2.24, 2.45) is 0 Å². The first kappa shape index (κ1) is 19.4. The van der Waals surface area contributed by atoms with Crippen LogP contribution in [0.15, 0.2) is 41.2 Å². The minimum absolute atomic E-state index is 0.0850. The Morgan fingerprint density at radius 3 is 2.59 bits per heavy atom. The molecule has 0 spiro atoms. The number of carbonyl (C=O) groups excluding carboxylic acids is 1. The highest BCUT2D eigenvalue weighted by Crippen LogP contribution is 2.22. The molecule has 1 aliphatic rings. The van der Waals surface area contributed by atoms with Gasteiger partial charge in [-0.3, -0.25) is 9.59 Å². The first-order valence-electron chi connectivity index (χ1n) is 10.3. The van der Waals surface area contributed by atoms with Gasteiger partial charge in [-0.1, -0.05) is 50.6 Å². The maximum Gasteiger partial charge on any atom is 0.263 e. The first-order valence-corrected chi connectivity index (χ1v) is 10.3. The van der Waals surface area contributed by atoms with E-state index in [1.807, 2.05) is 47.9 Å². The van der Waals surface area contributed by atoms with Crippen LogP contribution in [0.25, 0.3) is 0 Å². The summed E-state index contributed by atoms with van der Waals surface area (Å²) < 4.78 is 1.87. The molecule has 2 aromatic rings. The lowest BCUT2D eigenvalue weighted by Gasteiger charge is -2.23. The van der Waals surface area contributed by atoms with Crippen LogP contribution in [-0.2, 0) is 19.4 Å². The van der Waals surface area contributed by atoms with E-state index in [4.69, 9.17) is 0 Å². The Balaban J connectivity index is 1.93. The molecular formula is C23H30N2O2. The molecule has 1 amide bonds. The van der Waals surface area contributed by atoms with Crippen molar-refractivity contribution >= 4 is 5.91 Å². The van der Waals surface area contributed by atoms with Gasteiger partial charge in [0.2, 0.25) is 0 Å². The van der Waals surface area contributed by atoms with Crippen LogP contribution in [0.4, 0.5) is 0 Å². The van der Waals surface area contributed by atoms with Crippen molar-refractivity contribution in [3.8, 4) is 0 Å². The Hall–Kier alpha value is -2.36. The monoisotopic (exact) mass is 366 g/mol. The average Bonchev–Trinajstić information content (AvgIpc) is 2.71. The SMILES string of the molecule is CCCCn1c2c(cc(C(=O)N[C@H](CC)c3ccccc3)c1=O)CCCC2. The summed E-state index contributed by atoms with van der Waals surface area (Å²) in [7, 11) is 0. The van der Waals surface area contributed by atoms with Crippen LogP contribution in [0.1, 0.15) is 79.2 Å². The first-order chi connectivity index (χ1) is 13.2. The highest BCUT2D eigenvalue weighted by molar-refractivity contribution is 5.94. The van der Waals surface area contributed by atoms with Crippen LogP contribution >= 0.6 is 0 Å². The Kier molecular flexibility index (Phi) is 6.49. The minimum atomic E-state index is -0.255. The molecular weight excluding hydrogens is 336 g/mol. The molecule has 1 heterocycles. The van der Waals surface area contributed by atoms with Crippen LogP contribution in [0.5, 0.6) is 0 Å². The van der Waals surface area contributed by atoms with Gasteiger partial charge in [0.1, 0.15) is 5.56 Å². The van der Waals surface area contributed by atoms with Gasteiger partial charge in [0, 0.05) is 12.2 Å². The molecule has 0 saturated heterocycles. The van der Waals surface area contributed by atoms with Crippen LogP contribution in [0.3, 0.4) is 0 Å². The molecule has 0 saturated carbocycles. The summed E-state index contributed by atoms with van der Waals surface area (Å²) >= 11 is 0. The largest absolute Gasteiger partial charge is 0.345 e. The van der Waals surface area contributed by atoms with E-state index < -0.39 is 0 Å². The van der Waals surface area contributed by atoms with Gasteiger partial charge in [-0.05, 0) is 55.7 Å². The Labute approximate surface area is 161 Å². The summed E-state index contributed by atoms with van der Waals surface area (Å²) in [4.78, 5) is 26.1. The molecule has 0 radical (unpaired) electrons. The number of carbonyl (C=O) groups is 1. The van der Waals surface area contributed by atoms with Gasteiger partial charge >= 0.3 is 0 Å². The molecule has 1 N–H and O–H groups in total. The quantitative estimate of drug-likeness (QED) is 0.789. The molecule has 3 rings (SSSR count). The Morgan fingerprint density at radius 1 is 1.15 bits per heavy atom. The number of aryl methyl sites for hydroxylation is 1. The third-order valence-corrected chi connectivity index (χ3v) is 5.50. The summed E-state index contributed by atoms with van der Waals surface area (Å²) in [5, 5.41) is 3.08. The zero-order valence-corrected chi connectivity index (χ0v) is 16.5. The van der Waals surface area contributed by atoms with E-state index in [0.29, 0.717) is 12.1 Å². The lowest BCUT2D eigenvalue weighted by atomic mass is 9.94. The van der Waals surface area contributed by atoms with Gasteiger partial charge in [0.05, 0.1) is 6.04 Å². The molecule has 0 bridgehead atoms. The van der Waals surface area contributed by atoms with Crippen LogP contribution in [0, 0.1) is 0 Å². The van der Waals surface area contributed by atoms with E-state index in [0.717, 1.165) is 56.2 Å². The second-order valence-corrected chi connectivity index (χ2v) is 7.39. The number of aromatic nitrogens is 1. The van der Waals surface area contributed by atoms with E-state index in [2.05, 4.69) is 12.2 Å². The molecule has 4 heteroatoms. The summed E-state index contributed by atoms with van der Waals surface area (Å²) in [5.74, 6) is -0.255. The topological polar surface area (TPSA) is 51.1 Å². The molecule has 1 aromatic heterocycles. The van der Waals surface area contributed by atoms with Crippen molar-refractivity contribution in [1.29, 1.82) is 0 Å². The number of nitrogens with one attached hydrogen (secondary N) is 1. The molecule has 1 aliphatic carbocycles. The number of fused-ring (bicyclic) bond motifs is 1. The zero-order valence-electron chi connectivity index (χ0n) is 16.5. The number of benzene rings is 1. The Bertz CT molecular complexity index is 839. The van der Waals surface area contributed by atoms with Crippen molar-refractivity contribution in [3.05, 3.63) is 69.1 Å². The van der Waals surface area contributed by atoms with Crippen LogP contribution in [0.2, 0.25) is 0 Å². The summed E-state index contributed by atoms with van der Waals surface area (Å²) in [5.41, 5.74) is 3.55. The highest BCUT2D eigenvalue weighted by atomic mass is 16.2. The standard InChI is InChI=1S/C23H30N2O2/c1-3-5-15-25-21-14-10-9-13-18(21)16-19(23(25)27)22(26)24-20(4-2)17-11-7-6-8-12-17/h6-8,11-12,16,20H,3-5,9-10,13-15H2,1-2H3,(H,24,26)/t20-/m1/s1. The lowest BCUT2D eigenvalue weighted by molar-refractivity contribution is 0.0933. The number of unbranched alkanes of at least 4 members (excludes halogenated alkanes) is 1. The fourth-order valence-electron chi connectivity index (χ4n) is 3.94. The number of amides is 1. The van der Waals surface area contributed by atoms with Gasteiger partial charge in [-0.15, -0.1) is 0 Å². The molecule has 0 fully saturated rings. The van der Waals surface area contributed by atoms with Gasteiger partial charge in [0.25, 0.3) is 11.5 Å². The van der Waals surface area contributed by atoms with Gasteiger partial charge in [-0.2, -0.15) is 0 Å². The minimum Gasteiger partial charge on any atom is -0.345 e. The number of hydrogen-bond acceptors (Lipinski definition) is 2. The van der Waals surface area contributed by atoms with Crippen LogP contribution in [-0.4, -0.2) is 10.5 Å². The van der Waals surface area contributed by atoms with Crippen LogP contribution < -0.4 is 10.9 Å². The number of rotatable bonds is 7. The molecule has 0 unspecified atom stereocenters. The average molecular weight is 367 g/mol. The van der Waals surface area contributed by atoms with E-state index in [1.165, 1.54) is 5.56 Å². The predicted octanol–water partition coefficient (Wildman–Crippen LogP) is 4.41. The van der Waals surface area contributed by atoms with Crippen molar-refractivity contribution in [3.63, 3.8) is 0 Å². The maximum absolute atomic E-state index is 13.1. The van der Waals surface area contributed by atoms with E-state index in [-0.39, 0.29) is 17.5 Å². The predicted molar refractivity (Wildman–Crippen MR) is 109 cm³/mol. The summed E-state index contributed by atoms with van der Waals surface area (Å²) in [6, 6.07) is 11.7. The fourth-order valence-corrected chi connectivity index (χ4v) is 3.94. The smallest absolute Gasteiger partial charge is 0.263 e. The summed E-state index contributed by atoms with van der Waals surface area (Å²) in [6.45, 7) is 4.87. The zero-order chi connectivity index (χ0) is 19.2. The van der Waals surface area contributed by atoms with Crippen molar-refractivity contribution in [2.75, 3.05) is 0 Å².